The zero-order chi connectivity index (χ0) is 17.7. The molecule has 1 heterocycles. The van der Waals surface area contributed by atoms with Gasteiger partial charge in [-0.1, -0.05) is 0 Å². The molecule has 1 aliphatic heterocycles. The monoisotopic (exact) mass is 328 g/mol. The van der Waals surface area contributed by atoms with Gasteiger partial charge in [0.1, 0.15) is 0 Å². The lowest BCUT2D eigenvalue weighted by Gasteiger charge is -2.49. The second-order valence-corrected chi connectivity index (χ2v) is 8.54. The van der Waals surface area contributed by atoms with Gasteiger partial charge >= 0.3 is 0 Å². The summed E-state index contributed by atoms with van der Waals surface area (Å²) in [6.45, 7) is 20.8. The number of unbranched alkanes of at least 4 members (excludes halogenated alkanes) is 1. The maximum Gasteiger partial charge on any atom is 0.0787 e. The number of rotatable bonds is 9. The van der Waals surface area contributed by atoms with E-state index in [2.05, 4.69) is 20.8 Å². The molecule has 0 amide bonds. The van der Waals surface area contributed by atoms with Crippen molar-refractivity contribution >= 4 is 0 Å². The molecule has 0 saturated carbocycles. The SMILES string of the molecule is CC[N+](CC)(CC)CCCCOC1CC(C)(C)N([O])C(C)(C)C1. The molecule has 0 unspecified atom stereocenters. The summed E-state index contributed by atoms with van der Waals surface area (Å²) >= 11 is 0. The van der Waals surface area contributed by atoms with E-state index < -0.39 is 0 Å². The van der Waals surface area contributed by atoms with Crippen LogP contribution in [0.25, 0.3) is 0 Å². The third-order valence-corrected chi connectivity index (χ3v) is 5.95. The molecule has 0 aliphatic carbocycles. The minimum absolute atomic E-state index is 0.216. The molecular weight excluding hydrogens is 288 g/mol. The normalized spacial score (nSPS) is 22.4. The van der Waals surface area contributed by atoms with Gasteiger partial charge in [0.2, 0.25) is 0 Å². The first-order valence-corrected chi connectivity index (χ1v) is 9.56. The van der Waals surface area contributed by atoms with E-state index in [0.717, 1.165) is 25.9 Å². The highest BCUT2D eigenvalue weighted by Gasteiger charge is 2.46. The standard InChI is InChI=1S/C19H40N2O2/c1-8-21(9-2,10-3)13-11-12-14-23-17-15-18(4,5)20(22)19(6,7)16-17/h17H,8-16H2,1-7H3/q+1. The molecule has 0 bridgehead atoms. The third kappa shape index (κ3) is 5.42. The van der Waals surface area contributed by atoms with Gasteiger partial charge in [0.15, 0.2) is 0 Å². The maximum atomic E-state index is 12.4. The van der Waals surface area contributed by atoms with Crippen LogP contribution in [0.5, 0.6) is 0 Å². The fourth-order valence-electron chi connectivity index (χ4n) is 4.23. The predicted octanol–water partition coefficient (Wildman–Crippen LogP) is 4.03. The average molecular weight is 329 g/mol. The van der Waals surface area contributed by atoms with Crippen molar-refractivity contribution in [2.24, 2.45) is 0 Å². The molecule has 0 atom stereocenters. The van der Waals surface area contributed by atoms with E-state index in [0.29, 0.717) is 0 Å². The van der Waals surface area contributed by atoms with Crippen molar-refractivity contribution in [3.63, 3.8) is 0 Å². The Labute approximate surface area is 144 Å². The summed E-state index contributed by atoms with van der Waals surface area (Å²) in [4.78, 5) is 0. The smallest absolute Gasteiger partial charge is 0.0787 e. The first-order valence-electron chi connectivity index (χ1n) is 9.56. The molecule has 1 aliphatic rings. The molecule has 23 heavy (non-hydrogen) atoms. The molecule has 1 fully saturated rings. The van der Waals surface area contributed by atoms with E-state index in [1.165, 1.54) is 42.1 Å². The van der Waals surface area contributed by atoms with E-state index in [4.69, 9.17) is 4.74 Å². The highest BCUT2D eigenvalue weighted by molar-refractivity contribution is 4.96. The number of hydrogen-bond donors (Lipinski definition) is 0. The van der Waals surface area contributed by atoms with Gasteiger partial charge in [-0.15, -0.1) is 10.3 Å². The Morgan fingerprint density at radius 2 is 1.43 bits per heavy atom. The molecule has 1 rings (SSSR count). The van der Waals surface area contributed by atoms with Crippen molar-refractivity contribution in [2.45, 2.75) is 91.3 Å². The number of nitrogens with zero attached hydrogens (tertiary/aromatic N) is 2. The maximum absolute atomic E-state index is 12.4. The highest BCUT2D eigenvalue weighted by Crippen LogP contribution is 2.38. The van der Waals surface area contributed by atoms with E-state index in [9.17, 15) is 5.21 Å². The minimum atomic E-state index is -0.328. The fraction of sp³-hybridized carbons (Fsp3) is 1.00. The van der Waals surface area contributed by atoms with Gasteiger partial charge in [-0.05, 0) is 74.1 Å². The molecule has 0 aromatic heterocycles. The van der Waals surface area contributed by atoms with Crippen molar-refractivity contribution in [3.05, 3.63) is 0 Å². The van der Waals surface area contributed by atoms with Gasteiger partial charge in [-0.3, -0.25) is 0 Å². The lowest BCUT2D eigenvalue weighted by molar-refractivity contribution is -0.923. The van der Waals surface area contributed by atoms with E-state index in [1.54, 1.807) is 0 Å². The summed E-state index contributed by atoms with van der Waals surface area (Å²) in [6.07, 6.45) is 4.23. The lowest BCUT2D eigenvalue weighted by Crippen LogP contribution is -2.59. The summed E-state index contributed by atoms with van der Waals surface area (Å²) in [5.74, 6) is 0. The Hall–Kier alpha value is -0.160. The minimum Gasteiger partial charge on any atom is -0.378 e. The number of quaternary nitrogens is 1. The Morgan fingerprint density at radius 1 is 0.957 bits per heavy atom. The van der Waals surface area contributed by atoms with Crippen LogP contribution in [0.1, 0.15) is 74.1 Å². The van der Waals surface area contributed by atoms with Crippen LogP contribution in [-0.2, 0) is 9.94 Å². The number of hydroxylamine groups is 2. The Balaban J connectivity index is 2.36. The number of hydrogen-bond acceptors (Lipinski definition) is 2. The van der Waals surface area contributed by atoms with Crippen LogP contribution in [0.2, 0.25) is 0 Å². The van der Waals surface area contributed by atoms with Crippen LogP contribution in [0, 0.1) is 0 Å². The van der Waals surface area contributed by atoms with Gasteiger partial charge < -0.3 is 9.22 Å². The van der Waals surface area contributed by atoms with E-state index in [-0.39, 0.29) is 17.2 Å². The summed E-state index contributed by atoms with van der Waals surface area (Å²) in [5, 5.41) is 13.6. The first kappa shape index (κ1) is 20.9. The van der Waals surface area contributed by atoms with E-state index >= 15 is 0 Å². The van der Waals surface area contributed by atoms with Crippen molar-refractivity contribution in [2.75, 3.05) is 32.8 Å². The van der Waals surface area contributed by atoms with Gasteiger partial charge in [0.25, 0.3) is 0 Å². The average Bonchev–Trinajstić information content (AvgIpc) is 2.48. The molecular formula is C19H40N2O2+. The van der Waals surface area contributed by atoms with Crippen LogP contribution in [-0.4, -0.2) is 59.5 Å². The third-order valence-electron chi connectivity index (χ3n) is 5.95. The number of ether oxygens (including phenoxy) is 1. The number of piperidine rings is 1. The summed E-state index contributed by atoms with van der Waals surface area (Å²) in [5.41, 5.74) is -0.657. The summed E-state index contributed by atoms with van der Waals surface area (Å²) in [6, 6.07) is 0. The molecule has 1 radical (unpaired) electrons. The Morgan fingerprint density at radius 3 is 1.87 bits per heavy atom. The van der Waals surface area contributed by atoms with Crippen LogP contribution in [0.4, 0.5) is 0 Å². The van der Waals surface area contributed by atoms with Gasteiger partial charge in [-0.2, -0.15) is 0 Å². The fourth-order valence-corrected chi connectivity index (χ4v) is 4.23. The topological polar surface area (TPSA) is 32.4 Å². The molecule has 0 aromatic rings. The van der Waals surface area contributed by atoms with Crippen molar-refractivity contribution in [3.8, 4) is 0 Å². The van der Waals surface area contributed by atoms with Gasteiger partial charge in [0.05, 0.1) is 32.3 Å². The molecule has 4 heteroatoms. The van der Waals surface area contributed by atoms with Crippen molar-refractivity contribution in [1.29, 1.82) is 0 Å². The second-order valence-electron chi connectivity index (χ2n) is 8.54. The van der Waals surface area contributed by atoms with Crippen LogP contribution >= 0.6 is 0 Å². The summed E-state index contributed by atoms with van der Waals surface area (Å²) in [7, 11) is 0. The molecule has 0 N–H and O–H groups in total. The van der Waals surface area contributed by atoms with E-state index in [1.807, 2.05) is 27.7 Å². The molecule has 4 nitrogen and oxygen atoms in total. The van der Waals surface area contributed by atoms with Crippen LogP contribution in [0.3, 0.4) is 0 Å². The van der Waals surface area contributed by atoms with Crippen molar-refractivity contribution in [1.82, 2.24) is 5.06 Å². The molecule has 0 spiro atoms. The molecule has 0 aromatic carbocycles. The highest BCUT2D eigenvalue weighted by atomic mass is 16.5. The molecule has 1 saturated heterocycles. The lowest BCUT2D eigenvalue weighted by atomic mass is 9.80. The second kappa shape index (κ2) is 8.28. The summed E-state index contributed by atoms with van der Waals surface area (Å²) < 4.78 is 7.36. The zero-order valence-electron chi connectivity index (χ0n) is 16.7. The molecule has 137 valence electrons. The van der Waals surface area contributed by atoms with Crippen molar-refractivity contribution < 1.29 is 14.4 Å². The van der Waals surface area contributed by atoms with Crippen LogP contribution in [0.15, 0.2) is 0 Å². The van der Waals surface area contributed by atoms with Gasteiger partial charge in [-0.25, -0.2) is 0 Å². The van der Waals surface area contributed by atoms with Crippen LogP contribution < -0.4 is 0 Å². The Bertz CT molecular complexity index is 325. The van der Waals surface area contributed by atoms with Gasteiger partial charge in [0, 0.05) is 17.7 Å². The Kier molecular flexibility index (Phi) is 7.52. The predicted molar refractivity (Wildman–Crippen MR) is 95.6 cm³/mol. The first-order chi connectivity index (χ1) is 10.6. The quantitative estimate of drug-likeness (QED) is 0.473. The largest absolute Gasteiger partial charge is 0.378 e. The zero-order valence-corrected chi connectivity index (χ0v) is 16.7.